The summed E-state index contributed by atoms with van der Waals surface area (Å²) in [4.78, 5) is 10.4. The van der Waals surface area contributed by atoms with Crippen LogP contribution in [-0.4, -0.2) is 5.12 Å². The van der Waals surface area contributed by atoms with E-state index in [1.54, 1.807) is 0 Å². The number of rotatable bonds is 2. The van der Waals surface area contributed by atoms with Gasteiger partial charge in [-0.2, -0.15) is 0 Å². The number of halogens is 3. The molecule has 0 atom stereocenters. The van der Waals surface area contributed by atoms with Gasteiger partial charge in [-0.15, -0.1) is 12.6 Å². The van der Waals surface area contributed by atoms with Crippen molar-refractivity contribution in [2.75, 3.05) is 0 Å². The second-order valence-electron chi connectivity index (χ2n) is 2.40. The van der Waals surface area contributed by atoms with Gasteiger partial charge >= 0.3 is 0 Å². The highest BCUT2D eigenvalue weighted by Crippen LogP contribution is 2.15. The highest BCUT2D eigenvalue weighted by atomic mass is 32.1. The molecule has 0 fully saturated rings. The van der Waals surface area contributed by atoms with Crippen LogP contribution in [0, 0.1) is 17.5 Å². The first-order chi connectivity index (χ1) is 6.02. The summed E-state index contributed by atoms with van der Waals surface area (Å²) in [6, 6.07) is 1.78. The van der Waals surface area contributed by atoms with Crippen molar-refractivity contribution in [3.63, 3.8) is 0 Å². The summed E-state index contributed by atoms with van der Waals surface area (Å²) >= 11 is 3.40. The zero-order chi connectivity index (χ0) is 10.0. The first-order valence-corrected chi connectivity index (χ1v) is 3.81. The molecule has 0 bridgehead atoms. The van der Waals surface area contributed by atoms with E-state index >= 15 is 0 Å². The summed E-state index contributed by atoms with van der Waals surface area (Å²) in [5.74, 6) is -4.16. The molecular weight excluding hydrogens is 201 g/mol. The minimum absolute atomic E-state index is 0.195. The molecule has 0 radical (unpaired) electrons. The molecule has 0 amide bonds. The normalized spacial score (nSPS) is 10.2. The quantitative estimate of drug-likeness (QED) is 0.579. The van der Waals surface area contributed by atoms with Crippen LogP contribution in [0.5, 0.6) is 0 Å². The Morgan fingerprint density at radius 1 is 1.23 bits per heavy atom. The van der Waals surface area contributed by atoms with E-state index in [1.807, 2.05) is 0 Å². The van der Waals surface area contributed by atoms with E-state index in [2.05, 4.69) is 12.6 Å². The van der Waals surface area contributed by atoms with Gasteiger partial charge in [-0.3, -0.25) is 4.79 Å². The molecule has 0 aliphatic carbocycles. The van der Waals surface area contributed by atoms with E-state index in [0.29, 0.717) is 0 Å². The minimum atomic E-state index is -1.56. The molecule has 0 aliphatic heterocycles. The predicted molar refractivity (Wildman–Crippen MR) is 44.0 cm³/mol. The second-order valence-corrected chi connectivity index (χ2v) is 2.90. The largest absolute Gasteiger partial charge is 0.287 e. The fraction of sp³-hybridized carbons (Fsp3) is 0.125. The van der Waals surface area contributed by atoms with E-state index in [9.17, 15) is 18.0 Å². The summed E-state index contributed by atoms with van der Waals surface area (Å²) in [7, 11) is 0. The molecular formula is C8H5F3OS. The van der Waals surface area contributed by atoms with Crippen molar-refractivity contribution in [2.45, 2.75) is 6.42 Å². The number of hydrogen-bond donors (Lipinski definition) is 1. The van der Waals surface area contributed by atoms with Gasteiger partial charge in [-0.25, -0.2) is 13.2 Å². The van der Waals surface area contributed by atoms with Crippen molar-refractivity contribution < 1.29 is 18.0 Å². The molecule has 0 aliphatic rings. The van der Waals surface area contributed by atoms with Crippen LogP contribution in [0.25, 0.3) is 0 Å². The molecule has 0 N–H and O–H groups in total. The highest BCUT2D eigenvalue weighted by molar-refractivity contribution is 7.96. The molecule has 0 saturated heterocycles. The Labute approximate surface area is 78.0 Å². The van der Waals surface area contributed by atoms with Crippen LogP contribution in [0.15, 0.2) is 12.1 Å². The molecule has 1 aromatic carbocycles. The van der Waals surface area contributed by atoms with Gasteiger partial charge in [0, 0.05) is 6.42 Å². The molecule has 1 rings (SSSR count). The van der Waals surface area contributed by atoms with E-state index in [1.165, 1.54) is 0 Å². The highest BCUT2D eigenvalue weighted by Gasteiger charge is 2.14. The maximum Gasteiger partial charge on any atom is 0.194 e. The summed E-state index contributed by atoms with van der Waals surface area (Å²) in [6.45, 7) is 0. The minimum Gasteiger partial charge on any atom is -0.287 e. The van der Waals surface area contributed by atoms with Crippen molar-refractivity contribution in [3.8, 4) is 0 Å². The molecule has 1 aromatic rings. The number of benzene rings is 1. The van der Waals surface area contributed by atoms with Crippen LogP contribution in [0.3, 0.4) is 0 Å². The Balaban J connectivity index is 3.10. The maximum absolute atomic E-state index is 12.8. The van der Waals surface area contributed by atoms with Crippen molar-refractivity contribution in [1.82, 2.24) is 0 Å². The molecule has 70 valence electrons. The van der Waals surface area contributed by atoms with Crippen LogP contribution < -0.4 is 0 Å². The van der Waals surface area contributed by atoms with Gasteiger partial charge in [0.1, 0.15) is 0 Å². The number of carbonyl (C=O) groups is 1. The lowest BCUT2D eigenvalue weighted by atomic mass is 10.1. The molecule has 1 nitrogen and oxygen atoms in total. The van der Waals surface area contributed by atoms with Crippen molar-refractivity contribution in [3.05, 3.63) is 35.1 Å². The standard InChI is InChI=1S/C8H5F3OS/c9-5-2-1-4(3-6(12)13)7(10)8(5)11/h1-2H,3H2,(H,12,13). The lowest BCUT2D eigenvalue weighted by Gasteiger charge is -2.01. The summed E-state index contributed by atoms with van der Waals surface area (Å²) < 4.78 is 37.8. The average molecular weight is 206 g/mol. The molecule has 0 unspecified atom stereocenters. The number of carbonyl (C=O) groups excluding carboxylic acids is 1. The number of hydrogen-bond acceptors (Lipinski definition) is 1. The predicted octanol–water partition coefficient (Wildman–Crippen LogP) is 2.10. The van der Waals surface area contributed by atoms with E-state index in [0.717, 1.165) is 12.1 Å². The maximum atomic E-state index is 12.8. The van der Waals surface area contributed by atoms with Crippen LogP contribution in [0.4, 0.5) is 13.2 Å². The van der Waals surface area contributed by atoms with Crippen LogP contribution in [-0.2, 0) is 11.2 Å². The SMILES string of the molecule is O=C(S)Cc1ccc(F)c(F)c1F. The van der Waals surface area contributed by atoms with E-state index in [-0.39, 0.29) is 12.0 Å². The monoisotopic (exact) mass is 206 g/mol. The molecule has 0 heterocycles. The average Bonchev–Trinajstić information content (AvgIpc) is 2.06. The lowest BCUT2D eigenvalue weighted by Crippen LogP contribution is -2.01. The van der Waals surface area contributed by atoms with Gasteiger partial charge in [0.2, 0.25) is 0 Å². The van der Waals surface area contributed by atoms with Crippen LogP contribution in [0.1, 0.15) is 5.56 Å². The van der Waals surface area contributed by atoms with Gasteiger partial charge in [-0.05, 0) is 11.6 Å². The first-order valence-electron chi connectivity index (χ1n) is 3.36. The summed E-state index contributed by atoms with van der Waals surface area (Å²) in [5.41, 5.74) is -0.195. The molecule has 13 heavy (non-hydrogen) atoms. The Bertz CT molecular complexity index is 351. The second kappa shape index (κ2) is 3.83. The van der Waals surface area contributed by atoms with Crippen LogP contribution in [0.2, 0.25) is 0 Å². The van der Waals surface area contributed by atoms with Gasteiger partial charge in [-0.1, -0.05) is 6.07 Å². The smallest absolute Gasteiger partial charge is 0.194 e. The van der Waals surface area contributed by atoms with Crippen LogP contribution >= 0.6 is 12.6 Å². The molecule has 0 aromatic heterocycles. The zero-order valence-electron chi connectivity index (χ0n) is 6.35. The fourth-order valence-electron chi connectivity index (χ4n) is 0.865. The summed E-state index contributed by atoms with van der Waals surface area (Å²) in [5, 5.41) is -0.607. The van der Waals surface area contributed by atoms with Gasteiger partial charge in [0.25, 0.3) is 0 Å². The Kier molecular flexibility index (Phi) is 2.98. The number of thiol groups is 1. The molecule has 0 saturated carbocycles. The fourth-order valence-corrected chi connectivity index (χ4v) is 1.04. The molecule has 5 heteroatoms. The Morgan fingerprint density at radius 2 is 1.85 bits per heavy atom. The van der Waals surface area contributed by atoms with Gasteiger partial charge < -0.3 is 0 Å². The van der Waals surface area contributed by atoms with E-state index in [4.69, 9.17) is 0 Å². The third kappa shape index (κ3) is 2.24. The van der Waals surface area contributed by atoms with Crippen molar-refractivity contribution >= 4 is 17.7 Å². The first kappa shape index (κ1) is 10.1. The van der Waals surface area contributed by atoms with E-state index < -0.39 is 22.6 Å². The topological polar surface area (TPSA) is 17.1 Å². The van der Waals surface area contributed by atoms with Gasteiger partial charge in [0.15, 0.2) is 22.6 Å². The van der Waals surface area contributed by atoms with Crippen molar-refractivity contribution in [1.29, 1.82) is 0 Å². The third-order valence-electron chi connectivity index (χ3n) is 1.46. The van der Waals surface area contributed by atoms with Gasteiger partial charge in [0.05, 0.1) is 0 Å². The Hall–Kier alpha value is -0.970. The third-order valence-corrected chi connectivity index (χ3v) is 1.61. The lowest BCUT2D eigenvalue weighted by molar-refractivity contribution is -0.110. The summed E-state index contributed by atoms with van der Waals surface area (Å²) in [6.07, 6.45) is -0.355. The van der Waals surface area contributed by atoms with Crippen molar-refractivity contribution in [2.24, 2.45) is 0 Å². The molecule has 0 spiro atoms. The Morgan fingerprint density at radius 3 is 2.38 bits per heavy atom. The zero-order valence-corrected chi connectivity index (χ0v) is 7.25.